The van der Waals surface area contributed by atoms with Gasteiger partial charge >= 0.3 is 0 Å². The minimum atomic E-state index is -0.0249. The summed E-state index contributed by atoms with van der Waals surface area (Å²) >= 11 is 5.93. The number of rotatable bonds is 5. The Morgan fingerprint density at radius 3 is 2.68 bits per heavy atom. The second-order valence-corrected chi connectivity index (χ2v) is 7.46. The largest absolute Gasteiger partial charge is 0.454 e. The molecule has 0 radical (unpaired) electrons. The van der Waals surface area contributed by atoms with Gasteiger partial charge in [-0.3, -0.25) is 9.69 Å². The monoisotopic (exact) mass is 399 g/mol. The van der Waals surface area contributed by atoms with Crippen LogP contribution in [0, 0.1) is 5.92 Å². The van der Waals surface area contributed by atoms with Crippen molar-refractivity contribution in [1.29, 1.82) is 0 Å². The van der Waals surface area contributed by atoms with Crippen molar-refractivity contribution in [2.45, 2.75) is 19.4 Å². The molecule has 0 atom stereocenters. The predicted molar refractivity (Wildman–Crippen MR) is 108 cm³/mol. The molecule has 28 heavy (non-hydrogen) atoms. The molecule has 4 rings (SSSR count). The first-order valence-electron chi connectivity index (χ1n) is 9.37. The Morgan fingerprint density at radius 1 is 1.14 bits per heavy atom. The van der Waals surface area contributed by atoms with E-state index in [2.05, 4.69) is 15.4 Å². The normalized spacial score (nSPS) is 17.2. The van der Waals surface area contributed by atoms with E-state index in [0.717, 1.165) is 48.8 Å². The molecule has 0 unspecified atom stereocenters. The van der Waals surface area contributed by atoms with Crippen molar-refractivity contribution in [3.63, 3.8) is 0 Å². The fraction of sp³-hybridized carbons (Fsp3) is 0.333. The summed E-state index contributed by atoms with van der Waals surface area (Å²) in [5, 5.41) is 4.84. The van der Waals surface area contributed by atoms with Gasteiger partial charge in [0.2, 0.25) is 12.7 Å². The van der Waals surface area contributed by atoms with Crippen LogP contribution in [0.1, 0.15) is 24.0 Å². The second-order valence-electron chi connectivity index (χ2n) is 7.02. The summed E-state index contributed by atoms with van der Waals surface area (Å²) < 4.78 is 10.6. The Morgan fingerprint density at radius 2 is 1.89 bits per heavy atom. The van der Waals surface area contributed by atoms with Crippen LogP contribution in [0.5, 0.6) is 11.5 Å². The predicted octanol–water partition coefficient (Wildman–Crippen LogP) is 3.43. The number of piperidine rings is 1. The first-order chi connectivity index (χ1) is 13.7. The van der Waals surface area contributed by atoms with E-state index < -0.39 is 0 Å². The number of hydrogen-bond donors (Lipinski definition) is 1. The van der Waals surface area contributed by atoms with Crippen LogP contribution >= 0.6 is 11.6 Å². The third-order valence-electron chi connectivity index (χ3n) is 5.06. The molecule has 6 nitrogen and oxygen atoms in total. The molecule has 0 spiro atoms. The van der Waals surface area contributed by atoms with Crippen LogP contribution in [0.3, 0.4) is 0 Å². The molecule has 0 saturated carbocycles. The number of benzene rings is 2. The van der Waals surface area contributed by atoms with Gasteiger partial charge in [0.25, 0.3) is 0 Å². The number of nitrogens with zero attached hydrogens (tertiary/aromatic N) is 2. The number of fused-ring (bicyclic) bond motifs is 1. The fourth-order valence-electron chi connectivity index (χ4n) is 3.46. The van der Waals surface area contributed by atoms with Crippen LogP contribution in [-0.4, -0.2) is 36.9 Å². The standard InChI is InChI=1S/C21H22ClN3O3/c22-18-4-1-15(2-5-18)13-25-9-7-17(8-10-25)21(26)24-23-12-16-3-6-19-20(11-16)28-14-27-19/h1-6,11-12,17H,7-10,13-14H2,(H,24,26). The van der Waals surface area contributed by atoms with Gasteiger partial charge in [0.05, 0.1) is 6.21 Å². The molecule has 2 aliphatic heterocycles. The molecule has 1 fully saturated rings. The Kier molecular flexibility index (Phi) is 5.78. The smallest absolute Gasteiger partial charge is 0.243 e. The van der Waals surface area contributed by atoms with Crippen molar-refractivity contribution in [2.75, 3.05) is 19.9 Å². The highest BCUT2D eigenvalue weighted by molar-refractivity contribution is 6.30. The summed E-state index contributed by atoms with van der Waals surface area (Å²) in [6.45, 7) is 2.91. The van der Waals surface area contributed by atoms with Gasteiger partial charge in [-0.25, -0.2) is 5.43 Å². The molecule has 1 N–H and O–H groups in total. The first-order valence-corrected chi connectivity index (χ1v) is 9.74. The lowest BCUT2D eigenvalue weighted by Gasteiger charge is -2.30. The maximum atomic E-state index is 12.4. The summed E-state index contributed by atoms with van der Waals surface area (Å²) in [5.41, 5.74) is 4.75. The average Bonchev–Trinajstić information content (AvgIpc) is 3.18. The summed E-state index contributed by atoms with van der Waals surface area (Å²) in [6, 6.07) is 13.5. The van der Waals surface area contributed by atoms with E-state index in [0.29, 0.717) is 5.75 Å². The Balaban J connectivity index is 1.23. The molecular weight excluding hydrogens is 378 g/mol. The lowest BCUT2D eigenvalue weighted by atomic mass is 9.96. The Labute approximate surface area is 169 Å². The summed E-state index contributed by atoms with van der Waals surface area (Å²) in [5.74, 6) is 1.40. The number of carbonyl (C=O) groups is 1. The van der Waals surface area contributed by atoms with E-state index in [4.69, 9.17) is 21.1 Å². The summed E-state index contributed by atoms with van der Waals surface area (Å²) in [6.07, 6.45) is 3.29. The van der Waals surface area contributed by atoms with E-state index >= 15 is 0 Å². The van der Waals surface area contributed by atoms with Gasteiger partial charge in [-0.05, 0) is 67.4 Å². The molecule has 0 aliphatic carbocycles. The van der Waals surface area contributed by atoms with Gasteiger partial charge < -0.3 is 9.47 Å². The lowest BCUT2D eigenvalue weighted by Crippen LogP contribution is -2.39. The van der Waals surface area contributed by atoms with Gasteiger partial charge in [-0.2, -0.15) is 5.10 Å². The Bertz CT molecular complexity index is 862. The third-order valence-corrected chi connectivity index (χ3v) is 5.31. The molecule has 2 aromatic carbocycles. The fourth-order valence-corrected chi connectivity index (χ4v) is 3.58. The van der Waals surface area contributed by atoms with Crippen LogP contribution in [0.15, 0.2) is 47.6 Å². The zero-order chi connectivity index (χ0) is 19.3. The molecule has 2 heterocycles. The minimum Gasteiger partial charge on any atom is -0.454 e. The zero-order valence-electron chi connectivity index (χ0n) is 15.4. The summed E-state index contributed by atoms with van der Waals surface area (Å²) in [4.78, 5) is 14.7. The van der Waals surface area contributed by atoms with Crippen molar-refractivity contribution >= 4 is 23.7 Å². The number of likely N-dealkylation sites (tertiary alicyclic amines) is 1. The van der Waals surface area contributed by atoms with Crippen LogP contribution < -0.4 is 14.9 Å². The summed E-state index contributed by atoms with van der Waals surface area (Å²) in [7, 11) is 0. The molecule has 1 amide bonds. The maximum absolute atomic E-state index is 12.4. The number of halogens is 1. The van der Waals surface area contributed by atoms with E-state index in [1.807, 2.05) is 42.5 Å². The first kappa shape index (κ1) is 18.8. The topological polar surface area (TPSA) is 63.2 Å². The van der Waals surface area contributed by atoms with Gasteiger partial charge in [0, 0.05) is 17.5 Å². The molecule has 2 aliphatic rings. The van der Waals surface area contributed by atoms with Crippen LogP contribution in [0.2, 0.25) is 5.02 Å². The molecule has 2 aromatic rings. The van der Waals surface area contributed by atoms with Gasteiger partial charge in [-0.15, -0.1) is 0 Å². The lowest BCUT2D eigenvalue weighted by molar-refractivity contribution is -0.126. The number of ether oxygens (including phenoxy) is 2. The number of hydrogen-bond acceptors (Lipinski definition) is 5. The molecular formula is C21H22ClN3O3. The highest BCUT2D eigenvalue weighted by Crippen LogP contribution is 2.32. The minimum absolute atomic E-state index is 0.00429. The number of amides is 1. The molecule has 0 bridgehead atoms. The van der Waals surface area contributed by atoms with E-state index in [1.54, 1.807) is 6.21 Å². The Hall–Kier alpha value is -2.57. The molecule has 146 valence electrons. The zero-order valence-corrected chi connectivity index (χ0v) is 16.2. The van der Waals surface area contributed by atoms with Crippen molar-refractivity contribution in [1.82, 2.24) is 10.3 Å². The second kappa shape index (κ2) is 8.63. The van der Waals surface area contributed by atoms with E-state index in [9.17, 15) is 4.79 Å². The highest BCUT2D eigenvalue weighted by atomic mass is 35.5. The van der Waals surface area contributed by atoms with Crippen molar-refractivity contribution in [3.05, 3.63) is 58.6 Å². The van der Waals surface area contributed by atoms with Gasteiger partial charge in [0.1, 0.15) is 0 Å². The third kappa shape index (κ3) is 4.64. The van der Waals surface area contributed by atoms with Crippen molar-refractivity contribution < 1.29 is 14.3 Å². The molecule has 7 heteroatoms. The van der Waals surface area contributed by atoms with Crippen molar-refractivity contribution in [3.8, 4) is 11.5 Å². The highest BCUT2D eigenvalue weighted by Gasteiger charge is 2.24. The van der Waals surface area contributed by atoms with Crippen LogP contribution in [-0.2, 0) is 11.3 Å². The van der Waals surface area contributed by atoms with E-state index in [1.165, 1.54) is 5.56 Å². The van der Waals surface area contributed by atoms with Crippen LogP contribution in [0.4, 0.5) is 0 Å². The molecule has 0 aromatic heterocycles. The van der Waals surface area contributed by atoms with Crippen LogP contribution in [0.25, 0.3) is 0 Å². The maximum Gasteiger partial charge on any atom is 0.243 e. The van der Waals surface area contributed by atoms with Crippen molar-refractivity contribution in [2.24, 2.45) is 11.0 Å². The average molecular weight is 400 g/mol. The number of carbonyl (C=O) groups excluding carboxylic acids is 1. The number of nitrogens with one attached hydrogen (secondary N) is 1. The quantitative estimate of drug-likeness (QED) is 0.618. The van der Waals surface area contributed by atoms with Gasteiger partial charge in [-0.1, -0.05) is 23.7 Å². The van der Waals surface area contributed by atoms with E-state index in [-0.39, 0.29) is 18.6 Å². The number of hydrazone groups is 1. The molecule has 1 saturated heterocycles. The SMILES string of the molecule is O=C(NN=Cc1ccc2c(c1)OCO2)C1CCN(Cc2ccc(Cl)cc2)CC1. The van der Waals surface area contributed by atoms with Gasteiger partial charge in [0.15, 0.2) is 11.5 Å².